The smallest absolute Gasteiger partial charge is 0.0931 e. The van der Waals surface area contributed by atoms with E-state index in [0.717, 1.165) is 30.6 Å². The molecule has 3 nitrogen and oxygen atoms in total. The van der Waals surface area contributed by atoms with Gasteiger partial charge in [0.05, 0.1) is 17.5 Å². The molecule has 0 aliphatic rings. The monoisotopic (exact) mass is 324 g/mol. The Morgan fingerprint density at radius 2 is 2.05 bits per heavy atom. The molecule has 0 radical (unpaired) electrons. The maximum atomic E-state index is 6.00. The number of halogens is 1. The lowest BCUT2D eigenvalue weighted by Gasteiger charge is -2.22. The molecule has 0 saturated heterocycles. The third kappa shape index (κ3) is 5.00. The molecule has 0 spiro atoms. The second-order valence-corrected chi connectivity index (χ2v) is 6.66. The van der Waals surface area contributed by atoms with Crippen LogP contribution in [0, 0.1) is 0 Å². The number of thiophene rings is 1. The van der Waals surface area contributed by atoms with Gasteiger partial charge in [-0.15, -0.1) is 11.3 Å². The molecule has 2 aromatic rings. The van der Waals surface area contributed by atoms with E-state index in [0.29, 0.717) is 0 Å². The Morgan fingerprint density at radius 1 is 1.24 bits per heavy atom. The summed E-state index contributed by atoms with van der Waals surface area (Å²) in [6.45, 7) is 3.29. The number of benzene rings is 1. The average molecular weight is 325 g/mol. The van der Waals surface area contributed by atoms with Gasteiger partial charge in [0.2, 0.25) is 0 Å². The largest absolute Gasteiger partial charge is 0.383 e. The Kier molecular flexibility index (Phi) is 6.51. The van der Waals surface area contributed by atoms with Crippen molar-refractivity contribution in [3.05, 3.63) is 51.2 Å². The first-order valence-electron chi connectivity index (χ1n) is 6.93. The van der Waals surface area contributed by atoms with Gasteiger partial charge in [0.1, 0.15) is 0 Å². The highest BCUT2D eigenvalue weighted by molar-refractivity contribution is 7.16. The lowest BCUT2D eigenvalue weighted by Crippen LogP contribution is -2.22. The molecule has 0 unspecified atom stereocenters. The summed E-state index contributed by atoms with van der Waals surface area (Å²) in [6, 6.07) is 12.5. The van der Waals surface area contributed by atoms with Crippen LogP contribution in [0.25, 0.3) is 0 Å². The van der Waals surface area contributed by atoms with Crippen LogP contribution >= 0.6 is 22.9 Å². The molecule has 2 rings (SSSR count). The summed E-state index contributed by atoms with van der Waals surface area (Å²) in [5.41, 5.74) is 2.53. The molecule has 5 heteroatoms. The number of para-hydroxylation sites is 1. The fourth-order valence-electron chi connectivity index (χ4n) is 2.19. The zero-order chi connectivity index (χ0) is 15.1. The van der Waals surface area contributed by atoms with Crippen LogP contribution in [0.5, 0.6) is 0 Å². The molecule has 1 N–H and O–H groups in total. The van der Waals surface area contributed by atoms with Gasteiger partial charge in [-0.1, -0.05) is 29.8 Å². The lowest BCUT2D eigenvalue weighted by atomic mass is 10.1. The molecule has 1 aromatic heterocycles. The van der Waals surface area contributed by atoms with Crippen LogP contribution in [0.3, 0.4) is 0 Å². The molecule has 0 aliphatic carbocycles. The molecule has 0 atom stereocenters. The quantitative estimate of drug-likeness (QED) is 0.748. The predicted octanol–water partition coefficient (Wildman–Crippen LogP) is 3.77. The summed E-state index contributed by atoms with van der Waals surface area (Å²) in [6.07, 6.45) is 0. The standard InChI is InChI=1S/C16H21ClN2OS/c1-19(12-14-7-8-16(17)21-14)15-6-4-3-5-13(15)11-18-9-10-20-2/h3-8,18H,9-12H2,1-2H3. The highest BCUT2D eigenvalue weighted by Gasteiger charge is 2.08. The number of ether oxygens (including phenoxy) is 1. The molecule has 0 amide bonds. The summed E-state index contributed by atoms with van der Waals surface area (Å²) in [4.78, 5) is 3.53. The molecule has 1 aromatic carbocycles. The summed E-state index contributed by atoms with van der Waals surface area (Å²) in [7, 11) is 3.83. The Bertz CT molecular complexity index is 559. The van der Waals surface area contributed by atoms with Crippen molar-refractivity contribution in [3.63, 3.8) is 0 Å². The topological polar surface area (TPSA) is 24.5 Å². The summed E-state index contributed by atoms with van der Waals surface area (Å²) >= 11 is 7.63. The fraction of sp³-hybridized carbons (Fsp3) is 0.375. The van der Waals surface area contributed by atoms with Gasteiger partial charge in [-0.05, 0) is 23.8 Å². The zero-order valence-electron chi connectivity index (χ0n) is 12.4. The van der Waals surface area contributed by atoms with Crippen LogP contribution in [0.4, 0.5) is 5.69 Å². The second kappa shape index (κ2) is 8.39. The lowest BCUT2D eigenvalue weighted by molar-refractivity contribution is 0.199. The molecule has 0 saturated carbocycles. The van der Waals surface area contributed by atoms with Crippen molar-refractivity contribution >= 4 is 28.6 Å². The Labute approximate surface area is 135 Å². The first-order valence-corrected chi connectivity index (χ1v) is 8.13. The van der Waals surface area contributed by atoms with Crippen LogP contribution < -0.4 is 10.2 Å². The first-order chi connectivity index (χ1) is 10.2. The maximum absolute atomic E-state index is 6.00. The van der Waals surface area contributed by atoms with E-state index < -0.39 is 0 Å². The molecule has 0 fully saturated rings. The van der Waals surface area contributed by atoms with Crippen molar-refractivity contribution in [2.45, 2.75) is 13.1 Å². The van der Waals surface area contributed by atoms with Gasteiger partial charge in [-0.3, -0.25) is 0 Å². The van der Waals surface area contributed by atoms with Crippen molar-refractivity contribution in [1.29, 1.82) is 0 Å². The van der Waals surface area contributed by atoms with Gasteiger partial charge in [0.25, 0.3) is 0 Å². The predicted molar refractivity (Wildman–Crippen MR) is 91.5 cm³/mol. The third-order valence-electron chi connectivity index (χ3n) is 3.22. The second-order valence-electron chi connectivity index (χ2n) is 4.86. The molecule has 0 bridgehead atoms. The number of nitrogens with zero attached hydrogens (tertiary/aromatic N) is 1. The SMILES string of the molecule is COCCNCc1ccccc1N(C)Cc1ccc(Cl)s1. The van der Waals surface area contributed by atoms with Crippen LogP contribution in [0.15, 0.2) is 36.4 Å². The van der Waals surface area contributed by atoms with Crippen molar-refractivity contribution < 1.29 is 4.74 Å². The first kappa shape index (κ1) is 16.3. The van der Waals surface area contributed by atoms with E-state index in [9.17, 15) is 0 Å². The minimum atomic E-state index is 0.728. The van der Waals surface area contributed by atoms with Crippen molar-refractivity contribution in [2.24, 2.45) is 0 Å². The van der Waals surface area contributed by atoms with Crippen molar-refractivity contribution in [2.75, 3.05) is 32.2 Å². The van der Waals surface area contributed by atoms with Crippen LogP contribution in [0.1, 0.15) is 10.4 Å². The van der Waals surface area contributed by atoms with E-state index in [-0.39, 0.29) is 0 Å². The van der Waals surface area contributed by atoms with Crippen LogP contribution in [0.2, 0.25) is 4.34 Å². The summed E-state index contributed by atoms with van der Waals surface area (Å²) < 4.78 is 5.90. The van der Waals surface area contributed by atoms with Crippen LogP contribution in [-0.4, -0.2) is 27.3 Å². The van der Waals surface area contributed by atoms with Crippen LogP contribution in [-0.2, 0) is 17.8 Å². The summed E-state index contributed by atoms with van der Waals surface area (Å²) in [5.74, 6) is 0. The van der Waals surface area contributed by atoms with E-state index in [2.05, 4.69) is 47.6 Å². The molecule has 1 heterocycles. The van der Waals surface area contributed by atoms with E-state index in [1.54, 1.807) is 18.4 Å². The van der Waals surface area contributed by atoms with E-state index in [4.69, 9.17) is 16.3 Å². The number of methoxy groups -OCH3 is 1. The third-order valence-corrected chi connectivity index (χ3v) is 4.44. The van der Waals surface area contributed by atoms with E-state index in [1.807, 2.05) is 6.07 Å². The molecule has 0 aliphatic heterocycles. The minimum absolute atomic E-state index is 0.728. The number of nitrogens with one attached hydrogen (secondary N) is 1. The number of anilines is 1. The normalized spacial score (nSPS) is 10.8. The number of rotatable bonds is 8. The van der Waals surface area contributed by atoms with Gasteiger partial charge in [0, 0.05) is 37.8 Å². The van der Waals surface area contributed by atoms with Gasteiger partial charge in [0.15, 0.2) is 0 Å². The zero-order valence-corrected chi connectivity index (χ0v) is 14.0. The summed E-state index contributed by atoms with van der Waals surface area (Å²) in [5, 5.41) is 3.40. The average Bonchev–Trinajstić information content (AvgIpc) is 2.89. The highest BCUT2D eigenvalue weighted by Crippen LogP contribution is 2.26. The molecular formula is C16H21ClN2OS. The Hall–Kier alpha value is -1.07. The van der Waals surface area contributed by atoms with Gasteiger partial charge in [-0.2, -0.15) is 0 Å². The fourth-order valence-corrected chi connectivity index (χ4v) is 3.33. The molecular weight excluding hydrogens is 304 g/mol. The van der Waals surface area contributed by atoms with Crippen molar-refractivity contribution in [1.82, 2.24) is 5.32 Å². The number of hydrogen-bond donors (Lipinski definition) is 1. The number of hydrogen-bond acceptors (Lipinski definition) is 4. The maximum Gasteiger partial charge on any atom is 0.0931 e. The minimum Gasteiger partial charge on any atom is -0.383 e. The van der Waals surface area contributed by atoms with Gasteiger partial charge >= 0.3 is 0 Å². The Morgan fingerprint density at radius 3 is 2.76 bits per heavy atom. The van der Waals surface area contributed by atoms with Gasteiger partial charge < -0.3 is 15.0 Å². The van der Waals surface area contributed by atoms with E-state index >= 15 is 0 Å². The molecule has 21 heavy (non-hydrogen) atoms. The van der Waals surface area contributed by atoms with Gasteiger partial charge in [-0.25, -0.2) is 0 Å². The van der Waals surface area contributed by atoms with E-state index in [1.165, 1.54) is 16.1 Å². The van der Waals surface area contributed by atoms with Crippen molar-refractivity contribution in [3.8, 4) is 0 Å². The Balaban J connectivity index is 2.00. The highest BCUT2D eigenvalue weighted by atomic mass is 35.5. The molecule has 114 valence electrons.